The average molecular weight is 451 g/mol. The second-order valence-corrected chi connectivity index (χ2v) is 8.68. The van der Waals surface area contributed by atoms with E-state index in [4.69, 9.17) is 9.26 Å². The third-order valence-corrected chi connectivity index (χ3v) is 6.46. The van der Waals surface area contributed by atoms with Crippen molar-refractivity contribution in [3.05, 3.63) is 59.7 Å². The summed E-state index contributed by atoms with van der Waals surface area (Å²) in [5.41, 5.74) is 2.86. The number of fused-ring (bicyclic) bond motifs is 1. The lowest BCUT2D eigenvalue weighted by Crippen LogP contribution is -2.45. The Morgan fingerprint density at radius 3 is 2.85 bits per heavy atom. The number of aromatic nitrogens is 2. The van der Waals surface area contributed by atoms with E-state index in [1.54, 1.807) is 19.2 Å². The Morgan fingerprint density at radius 1 is 1.18 bits per heavy atom. The van der Waals surface area contributed by atoms with Gasteiger partial charge in [0.25, 0.3) is 0 Å². The fourth-order valence-electron chi connectivity index (χ4n) is 4.75. The summed E-state index contributed by atoms with van der Waals surface area (Å²) >= 11 is 0. The van der Waals surface area contributed by atoms with Gasteiger partial charge in [0.05, 0.1) is 19.6 Å². The first kappa shape index (κ1) is 21.6. The molecule has 2 aromatic carbocycles. The van der Waals surface area contributed by atoms with Crippen LogP contribution in [0.5, 0.6) is 5.75 Å². The zero-order valence-corrected chi connectivity index (χ0v) is 18.7. The molecule has 0 spiro atoms. The second kappa shape index (κ2) is 9.31. The molecular weight excluding hydrogens is 423 g/mol. The third-order valence-electron chi connectivity index (χ3n) is 6.46. The average Bonchev–Trinajstić information content (AvgIpc) is 3.34. The number of aryl methyl sites for hydroxylation is 1. The second-order valence-electron chi connectivity index (χ2n) is 8.68. The highest BCUT2D eigenvalue weighted by Gasteiger charge is 2.30. The highest BCUT2D eigenvalue weighted by molar-refractivity contribution is 5.96. The normalized spacial score (nSPS) is 18.7. The number of benzene rings is 2. The number of hydrogen-bond acceptors (Lipinski definition) is 6. The van der Waals surface area contributed by atoms with Crippen molar-refractivity contribution < 1.29 is 18.4 Å². The molecule has 0 N–H and O–H groups in total. The van der Waals surface area contributed by atoms with Gasteiger partial charge in [0, 0.05) is 24.3 Å². The van der Waals surface area contributed by atoms with Crippen LogP contribution in [0, 0.1) is 5.82 Å². The summed E-state index contributed by atoms with van der Waals surface area (Å²) in [5.74, 6) is 1.73. The van der Waals surface area contributed by atoms with Crippen LogP contribution in [0.4, 0.5) is 10.1 Å². The number of carbonyl (C=O) groups excluding carboxylic acids is 1. The van der Waals surface area contributed by atoms with E-state index >= 15 is 0 Å². The largest absolute Gasteiger partial charge is 0.497 e. The van der Waals surface area contributed by atoms with E-state index < -0.39 is 0 Å². The summed E-state index contributed by atoms with van der Waals surface area (Å²) in [6, 6.07) is 12.0. The van der Waals surface area contributed by atoms with Crippen LogP contribution >= 0.6 is 0 Å². The van der Waals surface area contributed by atoms with Gasteiger partial charge in [0.15, 0.2) is 0 Å². The fourth-order valence-corrected chi connectivity index (χ4v) is 4.75. The number of halogens is 1. The van der Waals surface area contributed by atoms with E-state index in [0.717, 1.165) is 61.3 Å². The molecule has 2 aliphatic heterocycles. The molecule has 8 heteroatoms. The smallest absolute Gasteiger partial charge is 0.241 e. The van der Waals surface area contributed by atoms with Gasteiger partial charge in [-0.15, -0.1) is 0 Å². The number of methoxy groups -OCH3 is 1. The van der Waals surface area contributed by atoms with E-state index in [1.807, 2.05) is 23.1 Å². The van der Waals surface area contributed by atoms with Crippen LogP contribution in [0.25, 0.3) is 11.4 Å². The number of anilines is 1. The zero-order chi connectivity index (χ0) is 22.8. The first-order valence-electron chi connectivity index (χ1n) is 11.4. The highest BCUT2D eigenvalue weighted by atomic mass is 19.1. The predicted molar refractivity (Wildman–Crippen MR) is 122 cm³/mol. The van der Waals surface area contributed by atoms with Crippen LogP contribution in [0.15, 0.2) is 47.0 Å². The topological polar surface area (TPSA) is 71.7 Å². The van der Waals surface area contributed by atoms with Crippen molar-refractivity contribution in [3.8, 4) is 17.1 Å². The Labute approximate surface area is 192 Å². The van der Waals surface area contributed by atoms with Gasteiger partial charge in [-0.05, 0) is 80.3 Å². The summed E-state index contributed by atoms with van der Waals surface area (Å²) in [5, 5.41) is 4.08. The van der Waals surface area contributed by atoms with Crippen molar-refractivity contribution in [3.63, 3.8) is 0 Å². The minimum absolute atomic E-state index is 0.0751. The number of likely N-dealkylation sites (tertiary alicyclic amines) is 1. The molecule has 1 aromatic heterocycles. The Bertz CT molecular complexity index is 1130. The molecule has 0 aliphatic carbocycles. The Balaban J connectivity index is 1.25. The van der Waals surface area contributed by atoms with Gasteiger partial charge in [-0.2, -0.15) is 4.98 Å². The van der Waals surface area contributed by atoms with Gasteiger partial charge in [-0.3, -0.25) is 9.69 Å². The number of carbonyl (C=O) groups is 1. The monoisotopic (exact) mass is 450 g/mol. The molecule has 2 aliphatic rings. The maximum absolute atomic E-state index is 13.2. The summed E-state index contributed by atoms with van der Waals surface area (Å²) in [4.78, 5) is 21.8. The van der Waals surface area contributed by atoms with Crippen LogP contribution in [-0.2, 0) is 11.2 Å². The summed E-state index contributed by atoms with van der Waals surface area (Å²) < 4.78 is 24.1. The van der Waals surface area contributed by atoms with Crippen LogP contribution in [-0.4, -0.2) is 54.2 Å². The minimum Gasteiger partial charge on any atom is -0.497 e. The number of nitrogens with zero attached hydrogens (tertiary/aromatic N) is 4. The standard InChI is InChI=1S/C25H27FN4O3/c1-32-21-10-11-22-18(14-21)4-3-13-30(22)23(31)16-29-12-2-5-19(15-29)25-27-24(28-33-25)17-6-8-20(26)9-7-17/h6-11,14,19H,2-5,12-13,15-16H2,1H3/t19-/m1/s1. The van der Waals surface area contributed by atoms with E-state index in [0.29, 0.717) is 24.8 Å². The molecule has 1 amide bonds. The summed E-state index contributed by atoms with van der Waals surface area (Å²) in [6.45, 7) is 2.66. The van der Waals surface area contributed by atoms with E-state index in [2.05, 4.69) is 15.0 Å². The van der Waals surface area contributed by atoms with Gasteiger partial charge in [0.2, 0.25) is 17.6 Å². The minimum atomic E-state index is -0.300. The molecule has 3 heterocycles. The van der Waals surface area contributed by atoms with Gasteiger partial charge < -0.3 is 14.2 Å². The number of amides is 1. The SMILES string of the molecule is COc1ccc2c(c1)CCCN2C(=O)CN1CCC[C@@H](c2nc(-c3ccc(F)cc3)no2)C1. The lowest BCUT2D eigenvalue weighted by molar-refractivity contribution is -0.120. The molecule has 1 saturated heterocycles. The van der Waals surface area contributed by atoms with Crippen LogP contribution < -0.4 is 9.64 Å². The molecule has 7 nitrogen and oxygen atoms in total. The molecule has 0 radical (unpaired) electrons. The maximum atomic E-state index is 13.2. The molecule has 1 atom stereocenters. The lowest BCUT2D eigenvalue weighted by atomic mass is 9.97. The summed E-state index contributed by atoms with van der Waals surface area (Å²) in [6.07, 6.45) is 3.79. The molecule has 172 valence electrons. The van der Waals surface area contributed by atoms with Crippen LogP contribution in [0.2, 0.25) is 0 Å². The molecule has 0 saturated carbocycles. The van der Waals surface area contributed by atoms with E-state index in [1.165, 1.54) is 12.1 Å². The summed E-state index contributed by atoms with van der Waals surface area (Å²) in [7, 11) is 1.66. The number of ether oxygens (including phenoxy) is 1. The quantitative estimate of drug-likeness (QED) is 0.584. The molecule has 33 heavy (non-hydrogen) atoms. The first-order chi connectivity index (χ1) is 16.1. The zero-order valence-electron chi connectivity index (χ0n) is 18.7. The van der Waals surface area contributed by atoms with Crippen molar-refractivity contribution in [1.29, 1.82) is 0 Å². The predicted octanol–water partition coefficient (Wildman–Crippen LogP) is 4.04. The maximum Gasteiger partial charge on any atom is 0.241 e. The van der Waals surface area contributed by atoms with Gasteiger partial charge >= 0.3 is 0 Å². The van der Waals surface area contributed by atoms with Crippen molar-refractivity contribution >= 4 is 11.6 Å². The first-order valence-corrected chi connectivity index (χ1v) is 11.4. The molecular formula is C25H27FN4O3. The third kappa shape index (κ3) is 4.61. The highest BCUT2D eigenvalue weighted by Crippen LogP contribution is 2.32. The number of rotatable bonds is 5. The van der Waals surface area contributed by atoms with Gasteiger partial charge in [0.1, 0.15) is 11.6 Å². The van der Waals surface area contributed by atoms with Gasteiger partial charge in [-0.1, -0.05) is 5.16 Å². The van der Waals surface area contributed by atoms with Crippen molar-refractivity contribution in [1.82, 2.24) is 15.0 Å². The molecule has 3 aromatic rings. The molecule has 1 fully saturated rings. The molecule has 0 bridgehead atoms. The Hall–Kier alpha value is -3.26. The molecule has 5 rings (SSSR count). The lowest BCUT2D eigenvalue weighted by Gasteiger charge is -2.34. The van der Waals surface area contributed by atoms with E-state index in [9.17, 15) is 9.18 Å². The van der Waals surface area contributed by atoms with Crippen molar-refractivity contribution in [2.45, 2.75) is 31.6 Å². The Kier molecular flexibility index (Phi) is 6.09. The Morgan fingerprint density at radius 2 is 2.03 bits per heavy atom. The molecule has 0 unspecified atom stereocenters. The number of piperidine rings is 1. The van der Waals surface area contributed by atoms with Crippen molar-refractivity contribution in [2.24, 2.45) is 0 Å². The van der Waals surface area contributed by atoms with Gasteiger partial charge in [-0.25, -0.2) is 4.39 Å². The van der Waals surface area contributed by atoms with Crippen LogP contribution in [0.1, 0.15) is 36.6 Å². The fraction of sp³-hybridized carbons (Fsp3) is 0.400. The van der Waals surface area contributed by atoms with Crippen LogP contribution in [0.3, 0.4) is 0 Å². The number of hydrogen-bond donors (Lipinski definition) is 0. The van der Waals surface area contributed by atoms with Crippen molar-refractivity contribution in [2.75, 3.05) is 38.2 Å². The van der Waals surface area contributed by atoms with E-state index in [-0.39, 0.29) is 17.6 Å².